The van der Waals surface area contributed by atoms with Crippen LogP contribution in [0.5, 0.6) is 0 Å². The van der Waals surface area contributed by atoms with E-state index < -0.39 is 0 Å². The van der Waals surface area contributed by atoms with Crippen LogP contribution in [-0.4, -0.2) is 0 Å². The Hall–Kier alpha value is -1.55. The summed E-state index contributed by atoms with van der Waals surface area (Å²) in [6.45, 7) is 4.12. The second-order valence-electron chi connectivity index (χ2n) is 4.09. The molecule has 2 rings (SSSR count). The number of nitrogen functional groups attached to an aromatic ring is 1. The number of nitrogens with two attached hydrogens (primary N) is 1. The number of nitrogens with one attached hydrogen (secondary N) is 1. The van der Waals surface area contributed by atoms with Gasteiger partial charge in [0.1, 0.15) is 5.82 Å². The Morgan fingerprint density at radius 2 is 2.06 bits per heavy atom. The van der Waals surface area contributed by atoms with Gasteiger partial charge in [-0.1, -0.05) is 0 Å². The highest BCUT2D eigenvalue weighted by atomic mass is 32.1. The molecular formula is C13H15FN2S. The van der Waals surface area contributed by atoms with Gasteiger partial charge in [-0.05, 0) is 44.2 Å². The fourth-order valence-corrected chi connectivity index (χ4v) is 2.58. The predicted molar refractivity (Wildman–Crippen MR) is 71.9 cm³/mol. The van der Waals surface area contributed by atoms with E-state index in [1.807, 2.05) is 6.92 Å². The number of benzene rings is 1. The zero-order valence-electron chi connectivity index (χ0n) is 9.83. The zero-order valence-corrected chi connectivity index (χ0v) is 10.6. The molecule has 0 fully saturated rings. The molecule has 0 bridgehead atoms. The number of halogens is 1. The van der Waals surface area contributed by atoms with E-state index in [1.54, 1.807) is 17.4 Å². The van der Waals surface area contributed by atoms with E-state index in [1.165, 1.54) is 21.9 Å². The van der Waals surface area contributed by atoms with E-state index in [0.717, 1.165) is 0 Å². The lowest BCUT2D eigenvalue weighted by Crippen LogP contribution is -2.05. The summed E-state index contributed by atoms with van der Waals surface area (Å²) in [5.41, 5.74) is 6.74. The molecule has 2 nitrogen and oxygen atoms in total. The molecule has 1 atom stereocenters. The Bertz CT molecular complexity index is 502. The molecule has 0 radical (unpaired) electrons. The van der Waals surface area contributed by atoms with Gasteiger partial charge in [-0.25, -0.2) is 4.39 Å². The summed E-state index contributed by atoms with van der Waals surface area (Å²) in [5, 5.41) is 3.24. The SMILES string of the molecule is Cc1ccc(C(C)Nc2cc(N)cc(F)c2)s1. The van der Waals surface area contributed by atoms with Crippen LogP contribution >= 0.6 is 11.3 Å². The number of hydrogen-bond donors (Lipinski definition) is 2. The van der Waals surface area contributed by atoms with Crippen LogP contribution in [0, 0.1) is 12.7 Å². The van der Waals surface area contributed by atoms with Gasteiger partial charge in [-0.2, -0.15) is 0 Å². The third-order valence-corrected chi connectivity index (χ3v) is 3.67. The highest BCUT2D eigenvalue weighted by Crippen LogP contribution is 2.26. The van der Waals surface area contributed by atoms with Crippen molar-refractivity contribution in [3.05, 3.63) is 45.9 Å². The quantitative estimate of drug-likeness (QED) is 0.809. The summed E-state index contributed by atoms with van der Waals surface area (Å²) in [6, 6.07) is 8.81. The van der Waals surface area contributed by atoms with Crippen molar-refractivity contribution in [3.63, 3.8) is 0 Å². The van der Waals surface area contributed by atoms with E-state index in [-0.39, 0.29) is 11.9 Å². The van der Waals surface area contributed by atoms with Crippen molar-refractivity contribution in [2.75, 3.05) is 11.1 Å². The molecule has 1 unspecified atom stereocenters. The number of rotatable bonds is 3. The summed E-state index contributed by atoms with van der Waals surface area (Å²) in [5.74, 6) is -0.318. The largest absolute Gasteiger partial charge is 0.399 e. The first-order chi connectivity index (χ1) is 8.04. The van der Waals surface area contributed by atoms with Gasteiger partial charge in [-0.3, -0.25) is 0 Å². The van der Waals surface area contributed by atoms with Crippen LogP contribution in [0.15, 0.2) is 30.3 Å². The second kappa shape index (κ2) is 4.75. The molecule has 1 heterocycles. The van der Waals surface area contributed by atoms with Crippen LogP contribution in [-0.2, 0) is 0 Å². The van der Waals surface area contributed by atoms with Gasteiger partial charge in [0, 0.05) is 21.1 Å². The van der Waals surface area contributed by atoms with Crippen LogP contribution in [0.25, 0.3) is 0 Å². The number of hydrogen-bond acceptors (Lipinski definition) is 3. The summed E-state index contributed by atoms with van der Waals surface area (Å²) >= 11 is 1.74. The van der Waals surface area contributed by atoms with Crippen molar-refractivity contribution in [1.82, 2.24) is 0 Å². The van der Waals surface area contributed by atoms with Crippen LogP contribution in [0.4, 0.5) is 15.8 Å². The minimum absolute atomic E-state index is 0.148. The summed E-state index contributed by atoms with van der Waals surface area (Å²) < 4.78 is 13.2. The standard InChI is InChI=1S/C13H15FN2S/c1-8-3-4-13(17-8)9(2)16-12-6-10(14)5-11(15)7-12/h3-7,9,16H,15H2,1-2H3. The Labute approximate surface area is 104 Å². The minimum atomic E-state index is -0.318. The van der Waals surface area contributed by atoms with E-state index in [4.69, 9.17) is 5.73 Å². The van der Waals surface area contributed by atoms with Crippen molar-refractivity contribution in [1.29, 1.82) is 0 Å². The molecule has 17 heavy (non-hydrogen) atoms. The first-order valence-corrected chi connectivity index (χ1v) is 6.25. The van der Waals surface area contributed by atoms with Gasteiger partial charge in [0.2, 0.25) is 0 Å². The fourth-order valence-electron chi connectivity index (χ4n) is 1.70. The summed E-state index contributed by atoms with van der Waals surface area (Å²) in [4.78, 5) is 2.50. The molecule has 4 heteroatoms. The maximum atomic E-state index is 13.2. The van der Waals surface area contributed by atoms with E-state index in [2.05, 4.69) is 24.4 Å². The number of anilines is 2. The lowest BCUT2D eigenvalue weighted by atomic mass is 10.2. The van der Waals surface area contributed by atoms with Crippen molar-refractivity contribution in [3.8, 4) is 0 Å². The lowest BCUT2D eigenvalue weighted by molar-refractivity contribution is 0.628. The second-order valence-corrected chi connectivity index (χ2v) is 5.41. The van der Waals surface area contributed by atoms with Gasteiger partial charge in [0.15, 0.2) is 0 Å². The molecule has 0 saturated heterocycles. The predicted octanol–water partition coefficient (Wildman–Crippen LogP) is 3.95. The van der Waals surface area contributed by atoms with Crippen LogP contribution in [0.3, 0.4) is 0 Å². The molecule has 3 N–H and O–H groups in total. The van der Waals surface area contributed by atoms with Crippen LogP contribution in [0.2, 0.25) is 0 Å². The Morgan fingerprint density at radius 3 is 2.65 bits per heavy atom. The summed E-state index contributed by atoms with van der Waals surface area (Å²) in [6.07, 6.45) is 0. The summed E-state index contributed by atoms with van der Waals surface area (Å²) in [7, 11) is 0. The van der Waals surface area contributed by atoms with Crippen molar-refractivity contribution in [2.45, 2.75) is 19.9 Å². The Kier molecular flexibility index (Phi) is 3.33. The molecule has 0 saturated carbocycles. The van der Waals surface area contributed by atoms with Gasteiger partial charge in [0.05, 0.1) is 6.04 Å². The average Bonchev–Trinajstić information content (AvgIpc) is 2.63. The molecule has 0 aliphatic carbocycles. The van der Waals surface area contributed by atoms with Crippen molar-refractivity contribution >= 4 is 22.7 Å². The molecule has 1 aromatic carbocycles. The minimum Gasteiger partial charge on any atom is -0.399 e. The lowest BCUT2D eigenvalue weighted by Gasteiger charge is -2.14. The molecule has 0 amide bonds. The highest BCUT2D eigenvalue weighted by Gasteiger charge is 2.08. The molecule has 0 aliphatic rings. The fraction of sp³-hybridized carbons (Fsp3) is 0.231. The van der Waals surface area contributed by atoms with E-state index in [9.17, 15) is 4.39 Å². The molecule has 2 aromatic rings. The van der Waals surface area contributed by atoms with Gasteiger partial charge >= 0.3 is 0 Å². The van der Waals surface area contributed by atoms with Gasteiger partial charge in [0.25, 0.3) is 0 Å². The van der Waals surface area contributed by atoms with E-state index >= 15 is 0 Å². The Balaban J connectivity index is 2.15. The zero-order chi connectivity index (χ0) is 12.4. The Morgan fingerprint density at radius 1 is 1.29 bits per heavy atom. The molecular weight excluding hydrogens is 235 g/mol. The third kappa shape index (κ3) is 2.97. The third-order valence-electron chi connectivity index (χ3n) is 2.49. The first-order valence-electron chi connectivity index (χ1n) is 5.43. The first kappa shape index (κ1) is 11.9. The maximum Gasteiger partial charge on any atom is 0.127 e. The molecule has 1 aromatic heterocycles. The number of thiophene rings is 1. The monoisotopic (exact) mass is 250 g/mol. The average molecular weight is 250 g/mol. The molecule has 0 aliphatic heterocycles. The van der Waals surface area contributed by atoms with Gasteiger partial charge < -0.3 is 11.1 Å². The van der Waals surface area contributed by atoms with E-state index in [0.29, 0.717) is 11.4 Å². The van der Waals surface area contributed by atoms with Crippen LogP contribution < -0.4 is 11.1 Å². The topological polar surface area (TPSA) is 38.0 Å². The highest BCUT2D eigenvalue weighted by molar-refractivity contribution is 7.12. The van der Waals surface area contributed by atoms with Crippen LogP contribution in [0.1, 0.15) is 22.7 Å². The normalized spacial score (nSPS) is 12.4. The number of aryl methyl sites for hydroxylation is 1. The maximum absolute atomic E-state index is 13.2. The smallest absolute Gasteiger partial charge is 0.127 e. The van der Waals surface area contributed by atoms with Crippen molar-refractivity contribution in [2.24, 2.45) is 0 Å². The van der Waals surface area contributed by atoms with Crippen molar-refractivity contribution < 1.29 is 4.39 Å². The molecule has 90 valence electrons. The molecule has 0 spiro atoms. The van der Waals surface area contributed by atoms with Gasteiger partial charge in [-0.15, -0.1) is 11.3 Å².